The first-order valence-electron chi connectivity index (χ1n) is 16.1. The lowest BCUT2D eigenvalue weighted by Gasteiger charge is -2.30. The third-order valence-electron chi connectivity index (χ3n) is 9.44. The molecular weight excluding hydrogens is 576 g/mol. The molecule has 0 radical (unpaired) electrons. The summed E-state index contributed by atoms with van der Waals surface area (Å²) in [6.07, 6.45) is 7.42. The first-order valence-corrected chi connectivity index (χ1v) is 16.1. The molecule has 0 amide bonds. The van der Waals surface area contributed by atoms with E-state index < -0.39 is 0 Å². The van der Waals surface area contributed by atoms with Gasteiger partial charge in [-0.3, -0.25) is 9.80 Å². The van der Waals surface area contributed by atoms with Gasteiger partial charge in [0.15, 0.2) is 6.73 Å². The van der Waals surface area contributed by atoms with Crippen LogP contribution in [0.15, 0.2) is 109 Å². The van der Waals surface area contributed by atoms with Crippen LogP contribution in [0.1, 0.15) is 28.7 Å². The SMILES string of the molecule is C1=CCC2CN(c3ccc4c(c3)CN(Cc3ccc(CN5COc6ccc(N7COc8ccccc87)cc6C5)cc3)CO4)OC2=C1. The lowest BCUT2D eigenvalue weighted by atomic mass is 9.99. The van der Waals surface area contributed by atoms with Crippen LogP contribution < -0.4 is 24.2 Å². The zero-order chi connectivity index (χ0) is 30.5. The van der Waals surface area contributed by atoms with E-state index >= 15 is 0 Å². The van der Waals surface area contributed by atoms with Gasteiger partial charge in [0.25, 0.3) is 0 Å². The Hall–Kier alpha value is -4.92. The number of fused-ring (bicyclic) bond motifs is 4. The molecule has 4 heterocycles. The maximum Gasteiger partial charge on any atom is 0.165 e. The van der Waals surface area contributed by atoms with Crippen LogP contribution in [0, 0.1) is 5.92 Å². The summed E-state index contributed by atoms with van der Waals surface area (Å²) in [6, 6.07) is 30.0. The van der Waals surface area contributed by atoms with Gasteiger partial charge in [-0.25, -0.2) is 5.06 Å². The molecule has 0 saturated carbocycles. The monoisotopic (exact) mass is 612 g/mol. The third-order valence-corrected chi connectivity index (χ3v) is 9.44. The summed E-state index contributed by atoms with van der Waals surface area (Å²) in [5.41, 5.74) is 8.25. The number of hydrogen-bond donors (Lipinski definition) is 0. The van der Waals surface area contributed by atoms with Gasteiger partial charge in [-0.2, -0.15) is 0 Å². The Morgan fingerprint density at radius 3 is 2.02 bits per heavy atom. The predicted molar refractivity (Wildman–Crippen MR) is 177 cm³/mol. The molecular formula is C38H36N4O4. The molecule has 0 bridgehead atoms. The maximum absolute atomic E-state index is 6.16. The van der Waals surface area contributed by atoms with Crippen molar-refractivity contribution < 1.29 is 19.0 Å². The van der Waals surface area contributed by atoms with E-state index in [1.54, 1.807) is 0 Å². The van der Waals surface area contributed by atoms with Gasteiger partial charge in [-0.05, 0) is 72.2 Å². The zero-order valence-electron chi connectivity index (χ0n) is 25.7. The smallest absolute Gasteiger partial charge is 0.165 e. The van der Waals surface area contributed by atoms with Crippen molar-refractivity contribution in [1.82, 2.24) is 9.80 Å². The quantitative estimate of drug-likeness (QED) is 0.229. The number of hydrogen-bond acceptors (Lipinski definition) is 8. The first kappa shape index (κ1) is 27.4. The minimum Gasteiger partial charge on any atom is -0.478 e. The van der Waals surface area contributed by atoms with Crippen LogP contribution in [0.2, 0.25) is 0 Å². The number of benzene rings is 4. The van der Waals surface area contributed by atoms with E-state index in [9.17, 15) is 0 Å². The van der Waals surface area contributed by atoms with Crippen molar-refractivity contribution in [1.29, 1.82) is 0 Å². The molecule has 1 unspecified atom stereocenters. The number of ether oxygens (including phenoxy) is 3. The Morgan fingerprint density at radius 2 is 1.30 bits per heavy atom. The predicted octanol–water partition coefficient (Wildman–Crippen LogP) is 7.09. The molecule has 4 aromatic carbocycles. The van der Waals surface area contributed by atoms with E-state index in [4.69, 9.17) is 19.0 Å². The van der Waals surface area contributed by atoms with Crippen molar-refractivity contribution in [2.75, 3.05) is 36.7 Å². The summed E-state index contributed by atoms with van der Waals surface area (Å²) in [6.45, 7) is 5.90. The summed E-state index contributed by atoms with van der Waals surface area (Å²) in [5.74, 6) is 4.35. The number of rotatable bonds is 6. The Balaban J connectivity index is 0.821. The molecule has 232 valence electrons. The van der Waals surface area contributed by atoms with Crippen LogP contribution in [-0.4, -0.2) is 36.5 Å². The highest BCUT2D eigenvalue weighted by Crippen LogP contribution is 2.41. The minimum absolute atomic E-state index is 0.442. The summed E-state index contributed by atoms with van der Waals surface area (Å²) in [7, 11) is 0. The van der Waals surface area contributed by atoms with Crippen molar-refractivity contribution in [2.45, 2.75) is 32.6 Å². The van der Waals surface area contributed by atoms with Crippen molar-refractivity contribution in [3.05, 3.63) is 131 Å². The molecule has 4 aromatic rings. The largest absolute Gasteiger partial charge is 0.478 e. The number of allylic oxidation sites excluding steroid dienone is 3. The number of nitrogens with zero attached hydrogens (tertiary/aromatic N) is 4. The van der Waals surface area contributed by atoms with Gasteiger partial charge in [0.2, 0.25) is 0 Å². The highest BCUT2D eigenvalue weighted by Gasteiger charge is 2.31. The number of para-hydroxylation sites is 2. The van der Waals surface area contributed by atoms with Gasteiger partial charge < -0.3 is 23.9 Å². The molecule has 1 fully saturated rings. The van der Waals surface area contributed by atoms with Gasteiger partial charge in [-0.15, -0.1) is 0 Å². The average molecular weight is 613 g/mol. The van der Waals surface area contributed by atoms with Gasteiger partial charge in [0.1, 0.15) is 36.5 Å². The standard InChI is InChI=1S/C38H36N4O4/c1-3-7-37-29(5-1)23-42(46-37)33-14-16-36-31(18-33)22-40(25-44-36)20-28-11-9-27(10-12-28)19-39-21-30-17-32(13-15-35(30)43-24-39)41-26-45-38-8-4-2-6-34(38)41/h1-4,6-18,29H,5,19-26H2. The summed E-state index contributed by atoms with van der Waals surface area (Å²) < 4.78 is 18.2. The molecule has 0 N–H and O–H groups in total. The molecule has 1 aliphatic carbocycles. The second-order valence-electron chi connectivity index (χ2n) is 12.7. The van der Waals surface area contributed by atoms with E-state index in [0.717, 1.165) is 79.2 Å². The fourth-order valence-electron chi connectivity index (χ4n) is 7.02. The van der Waals surface area contributed by atoms with Crippen molar-refractivity contribution in [3.8, 4) is 17.2 Å². The fourth-order valence-corrected chi connectivity index (χ4v) is 7.02. The fraction of sp³-hybridized carbons (Fsp3) is 0.263. The first-order chi connectivity index (χ1) is 22.7. The molecule has 46 heavy (non-hydrogen) atoms. The van der Waals surface area contributed by atoms with E-state index in [1.807, 2.05) is 17.2 Å². The summed E-state index contributed by atoms with van der Waals surface area (Å²) in [5, 5.41) is 2.02. The Bertz CT molecular complexity index is 1840. The van der Waals surface area contributed by atoms with Crippen LogP contribution in [0.3, 0.4) is 0 Å². The van der Waals surface area contributed by atoms with Crippen LogP contribution >= 0.6 is 0 Å². The van der Waals surface area contributed by atoms with Gasteiger partial charge in [0, 0.05) is 48.9 Å². The Kier molecular flexibility index (Phi) is 6.83. The third kappa shape index (κ3) is 5.23. The van der Waals surface area contributed by atoms with E-state index in [2.05, 4.69) is 106 Å². The minimum atomic E-state index is 0.442. The molecule has 5 aliphatic rings. The second kappa shape index (κ2) is 11.5. The van der Waals surface area contributed by atoms with Crippen LogP contribution in [0.25, 0.3) is 0 Å². The van der Waals surface area contributed by atoms with Crippen molar-refractivity contribution in [3.63, 3.8) is 0 Å². The molecule has 9 rings (SSSR count). The Labute approximate surface area is 269 Å². The lowest BCUT2D eigenvalue weighted by Crippen LogP contribution is -2.32. The van der Waals surface area contributed by atoms with Crippen LogP contribution in [0.4, 0.5) is 17.1 Å². The molecule has 4 aliphatic heterocycles. The average Bonchev–Trinajstić information content (AvgIpc) is 3.74. The molecule has 1 atom stereocenters. The highest BCUT2D eigenvalue weighted by molar-refractivity contribution is 5.72. The van der Waals surface area contributed by atoms with Gasteiger partial charge >= 0.3 is 0 Å². The van der Waals surface area contributed by atoms with E-state index in [0.29, 0.717) is 26.1 Å². The molecule has 8 heteroatoms. The number of anilines is 3. The van der Waals surface area contributed by atoms with Crippen LogP contribution in [-0.2, 0) is 31.0 Å². The molecule has 0 spiro atoms. The van der Waals surface area contributed by atoms with E-state index in [-0.39, 0.29) is 0 Å². The summed E-state index contributed by atoms with van der Waals surface area (Å²) >= 11 is 0. The second-order valence-corrected chi connectivity index (χ2v) is 12.7. The molecule has 8 nitrogen and oxygen atoms in total. The van der Waals surface area contributed by atoms with Crippen LogP contribution in [0.5, 0.6) is 17.2 Å². The zero-order valence-corrected chi connectivity index (χ0v) is 25.7. The van der Waals surface area contributed by atoms with Crippen molar-refractivity contribution in [2.24, 2.45) is 5.92 Å². The molecule has 0 aromatic heterocycles. The normalized spacial score (nSPS) is 20.0. The van der Waals surface area contributed by atoms with Gasteiger partial charge in [0.05, 0.1) is 17.9 Å². The maximum atomic E-state index is 6.16. The van der Waals surface area contributed by atoms with Gasteiger partial charge in [-0.1, -0.05) is 48.6 Å². The highest BCUT2D eigenvalue weighted by atomic mass is 16.7. The number of hydroxylamine groups is 1. The topological polar surface area (TPSA) is 49.9 Å². The molecule has 1 saturated heterocycles. The Morgan fingerprint density at radius 1 is 0.652 bits per heavy atom. The van der Waals surface area contributed by atoms with Crippen molar-refractivity contribution >= 4 is 17.1 Å². The van der Waals surface area contributed by atoms with E-state index in [1.165, 1.54) is 22.3 Å². The lowest BCUT2D eigenvalue weighted by molar-refractivity contribution is 0.0878. The summed E-state index contributed by atoms with van der Waals surface area (Å²) in [4.78, 5) is 13.1.